The Hall–Kier alpha value is -2.06. The van der Waals surface area contributed by atoms with Gasteiger partial charge in [-0.1, -0.05) is 49.1 Å². The molecule has 0 bridgehead atoms. The van der Waals surface area contributed by atoms with Gasteiger partial charge in [0.1, 0.15) is 12.4 Å². The molecule has 2 heteroatoms. The molecule has 0 spiro atoms. The van der Waals surface area contributed by atoms with E-state index in [1.54, 1.807) is 0 Å². The Morgan fingerprint density at radius 1 is 1.21 bits per heavy atom. The molecule has 0 saturated heterocycles. The number of ether oxygens (including phenoxy) is 1. The van der Waals surface area contributed by atoms with Crippen molar-refractivity contribution in [2.24, 2.45) is 0 Å². The Morgan fingerprint density at radius 3 is 2.68 bits per heavy atom. The first-order valence-corrected chi connectivity index (χ1v) is 6.42. The molecule has 2 aromatic rings. The summed E-state index contributed by atoms with van der Waals surface area (Å²) in [7, 11) is 0. The molecule has 0 heterocycles. The smallest absolute Gasteiger partial charge is 0.125 e. The first-order valence-electron chi connectivity index (χ1n) is 6.42. The van der Waals surface area contributed by atoms with Gasteiger partial charge in [0.2, 0.25) is 0 Å². The molecule has 0 aromatic heterocycles. The predicted octanol–water partition coefficient (Wildman–Crippen LogP) is 3.50. The van der Waals surface area contributed by atoms with Crippen LogP contribution in [0.3, 0.4) is 0 Å². The minimum Gasteiger partial charge on any atom is -0.489 e. The number of fused-ring (bicyclic) bond motifs is 1. The van der Waals surface area contributed by atoms with Crippen molar-refractivity contribution in [3.8, 4) is 5.75 Å². The maximum Gasteiger partial charge on any atom is 0.125 e. The maximum absolute atomic E-state index is 9.76. The van der Waals surface area contributed by atoms with Gasteiger partial charge in [0.05, 0.1) is 6.10 Å². The van der Waals surface area contributed by atoms with Gasteiger partial charge < -0.3 is 9.84 Å². The molecule has 0 saturated carbocycles. The lowest BCUT2D eigenvalue weighted by atomic mass is 9.85. The SMILES string of the molecule is C=Cc1ccc(COc2cccc3c2C(O)C3)cc1. The summed E-state index contributed by atoms with van der Waals surface area (Å²) in [6.07, 6.45) is 2.19. The molecular formula is C17H16O2. The summed E-state index contributed by atoms with van der Waals surface area (Å²) in [5, 5.41) is 9.76. The van der Waals surface area contributed by atoms with Gasteiger partial charge >= 0.3 is 0 Å². The average Bonchev–Trinajstić information content (AvgIpc) is 2.44. The zero-order valence-electron chi connectivity index (χ0n) is 10.7. The summed E-state index contributed by atoms with van der Waals surface area (Å²) in [6, 6.07) is 14.0. The first kappa shape index (κ1) is 12.0. The van der Waals surface area contributed by atoms with E-state index in [0.29, 0.717) is 6.61 Å². The van der Waals surface area contributed by atoms with Crippen molar-refractivity contribution in [2.75, 3.05) is 0 Å². The van der Waals surface area contributed by atoms with E-state index in [2.05, 4.69) is 6.58 Å². The van der Waals surface area contributed by atoms with Gasteiger partial charge in [0.25, 0.3) is 0 Å². The summed E-state index contributed by atoms with van der Waals surface area (Å²) in [6.45, 7) is 4.25. The Morgan fingerprint density at radius 2 is 2.00 bits per heavy atom. The average molecular weight is 252 g/mol. The quantitative estimate of drug-likeness (QED) is 0.902. The molecule has 96 valence electrons. The number of rotatable bonds is 4. The first-order chi connectivity index (χ1) is 9.28. The number of aliphatic hydroxyl groups is 1. The predicted molar refractivity (Wildman–Crippen MR) is 76.0 cm³/mol. The molecular weight excluding hydrogens is 236 g/mol. The number of hydrogen-bond acceptors (Lipinski definition) is 2. The standard InChI is InChI=1S/C17H16O2/c1-2-12-6-8-13(9-7-12)11-19-16-5-3-4-14-10-15(18)17(14)16/h2-9,15,18H,1,10-11H2. The van der Waals surface area contributed by atoms with Crippen LogP contribution in [0, 0.1) is 0 Å². The third kappa shape index (κ3) is 2.27. The maximum atomic E-state index is 9.76. The third-order valence-electron chi connectivity index (χ3n) is 3.51. The van der Waals surface area contributed by atoms with Crippen molar-refractivity contribution in [1.82, 2.24) is 0 Å². The van der Waals surface area contributed by atoms with Crippen molar-refractivity contribution in [2.45, 2.75) is 19.1 Å². The summed E-state index contributed by atoms with van der Waals surface area (Å²) in [5.74, 6) is 0.795. The van der Waals surface area contributed by atoms with E-state index >= 15 is 0 Å². The highest BCUT2D eigenvalue weighted by molar-refractivity contribution is 5.49. The van der Waals surface area contributed by atoms with Crippen molar-refractivity contribution in [3.63, 3.8) is 0 Å². The van der Waals surface area contributed by atoms with Crippen molar-refractivity contribution in [1.29, 1.82) is 0 Å². The number of hydrogen-bond donors (Lipinski definition) is 1. The summed E-state index contributed by atoms with van der Waals surface area (Å²) in [5.41, 5.74) is 4.34. The fourth-order valence-corrected chi connectivity index (χ4v) is 2.36. The molecule has 0 fully saturated rings. The van der Waals surface area contributed by atoms with Gasteiger partial charge in [0.15, 0.2) is 0 Å². The van der Waals surface area contributed by atoms with E-state index in [0.717, 1.165) is 28.9 Å². The van der Waals surface area contributed by atoms with Crippen LogP contribution < -0.4 is 4.74 Å². The molecule has 0 amide bonds. The van der Waals surface area contributed by atoms with Gasteiger partial charge in [0, 0.05) is 12.0 Å². The molecule has 19 heavy (non-hydrogen) atoms. The van der Waals surface area contributed by atoms with Crippen LogP contribution in [-0.4, -0.2) is 5.11 Å². The molecule has 0 aliphatic heterocycles. The van der Waals surface area contributed by atoms with Crippen LogP contribution in [-0.2, 0) is 13.0 Å². The van der Waals surface area contributed by atoms with Crippen LogP contribution in [0.15, 0.2) is 49.0 Å². The van der Waals surface area contributed by atoms with Crippen LogP contribution in [0.2, 0.25) is 0 Å². The molecule has 1 N–H and O–H groups in total. The van der Waals surface area contributed by atoms with Gasteiger partial charge in [-0.3, -0.25) is 0 Å². The van der Waals surface area contributed by atoms with Crippen LogP contribution in [0.4, 0.5) is 0 Å². The summed E-state index contributed by atoms with van der Waals surface area (Å²) < 4.78 is 5.81. The van der Waals surface area contributed by atoms with Gasteiger partial charge in [-0.15, -0.1) is 0 Å². The number of benzene rings is 2. The minimum absolute atomic E-state index is 0.366. The Labute approximate surface area is 113 Å². The van der Waals surface area contributed by atoms with Gasteiger partial charge in [-0.05, 0) is 22.8 Å². The molecule has 0 radical (unpaired) electrons. The van der Waals surface area contributed by atoms with Crippen molar-refractivity contribution < 1.29 is 9.84 Å². The van der Waals surface area contributed by atoms with E-state index in [1.807, 2.05) is 48.5 Å². The second kappa shape index (κ2) is 4.90. The van der Waals surface area contributed by atoms with Crippen LogP contribution >= 0.6 is 0 Å². The van der Waals surface area contributed by atoms with Gasteiger partial charge in [-0.2, -0.15) is 0 Å². The molecule has 3 rings (SSSR count). The van der Waals surface area contributed by atoms with Gasteiger partial charge in [-0.25, -0.2) is 0 Å². The van der Waals surface area contributed by atoms with Crippen LogP contribution in [0.1, 0.15) is 28.4 Å². The summed E-state index contributed by atoms with van der Waals surface area (Å²) in [4.78, 5) is 0. The monoisotopic (exact) mass is 252 g/mol. The Bertz CT molecular complexity index is 599. The lowest BCUT2D eigenvalue weighted by Crippen LogP contribution is -2.17. The van der Waals surface area contributed by atoms with E-state index < -0.39 is 0 Å². The van der Waals surface area contributed by atoms with Crippen LogP contribution in [0.5, 0.6) is 5.75 Å². The molecule has 2 nitrogen and oxygen atoms in total. The third-order valence-corrected chi connectivity index (χ3v) is 3.51. The Balaban J connectivity index is 1.72. The highest BCUT2D eigenvalue weighted by Gasteiger charge is 2.27. The summed E-state index contributed by atoms with van der Waals surface area (Å²) >= 11 is 0. The fourth-order valence-electron chi connectivity index (χ4n) is 2.36. The molecule has 1 atom stereocenters. The minimum atomic E-state index is -0.366. The zero-order valence-corrected chi connectivity index (χ0v) is 10.7. The molecule has 2 aromatic carbocycles. The highest BCUT2D eigenvalue weighted by Crippen LogP contribution is 2.39. The second-order valence-corrected chi connectivity index (χ2v) is 4.78. The lowest BCUT2D eigenvalue weighted by Gasteiger charge is -2.28. The Kier molecular flexibility index (Phi) is 3.10. The van der Waals surface area contributed by atoms with E-state index in [4.69, 9.17) is 4.74 Å². The number of aliphatic hydroxyl groups excluding tert-OH is 1. The van der Waals surface area contributed by atoms with Crippen molar-refractivity contribution >= 4 is 6.08 Å². The highest BCUT2D eigenvalue weighted by atomic mass is 16.5. The zero-order chi connectivity index (χ0) is 13.2. The van der Waals surface area contributed by atoms with Crippen molar-refractivity contribution in [3.05, 3.63) is 71.3 Å². The molecule has 1 aliphatic rings. The molecule has 1 aliphatic carbocycles. The van der Waals surface area contributed by atoms with E-state index in [1.165, 1.54) is 5.56 Å². The van der Waals surface area contributed by atoms with Crippen LogP contribution in [0.25, 0.3) is 6.08 Å². The largest absolute Gasteiger partial charge is 0.489 e. The normalized spacial score (nSPS) is 16.4. The molecule has 1 unspecified atom stereocenters. The lowest BCUT2D eigenvalue weighted by molar-refractivity contribution is 0.145. The fraction of sp³-hybridized carbons (Fsp3) is 0.176. The second-order valence-electron chi connectivity index (χ2n) is 4.78. The topological polar surface area (TPSA) is 29.5 Å². The van der Waals surface area contributed by atoms with E-state index in [9.17, 15) is 5.11 Å². The van der Waals surface area contributed by atoms with E-state index in [-0.39, 0.29) is 6.10 Å².